The van der Waals surface area contributed by atoms with E-state index in [4.69, 9.17) is 1.37 Å². The second-order valence-electron chi connectivity index (χ2n) is 8.90. The van der Waals surface area contributed by atoms with Crippen LogP contribution in [-0.4, -0.2) is 28.8 Å². The molecule has 1 aromatic heterocycles. The first-order valence-corrected chi connectivity index (χ1v) is 12.2. The Morgan fingerprint density at radius 2 is 1.77 bits per heavy atom. The van der Waals surface area contributed by atoms with E-state index >= 15 is 4.39 Å². The molecule has 0 spiro atoms. The molecule has 5 rings (SSSR count). The van der Waals surface area contributed by atoms with E-state index < -0.39 is 24.2 Å². The minimum atomic E-state index is -1.39. The Bertz CT molecular complexity index is 1730. The van der Waals surface area contributed by atoms with Crippen molar-refractivity contribution in [3.8, 4) is 11.1 Å². The van der Waals surface area contributed by atoms with Crippen molar-refractivity contribution in [1.29, 1.82) is 0 Å². The number of halogens is 1. The van der Waals surface area contributed by atoms with Crippen LogP contribution >= 0.6 is 0 Å². The summed E-state index contributed by atoms with van der Waals surface area (Å²) in [6, 6.07) is 25.8. The van der Waals surface area contributed by atoms with Gasteiger partial charge in [-0.25, -0.2) is 9.18 Å². The normalized spacial score (nSPS) is 12.3. The first kappa shape index (κ1) is 24.3. The first-order valence-electron chi connectivity index (χ1n) is 12.8. The third-order valence-electron chi connectivity index (χ3n) is 6.35. The van der Waals surface area contributed by atoms with Crippen molar-refractivity contribution in [3.05, 3.63) is 126 Å². The van der Waals surface area contributed by atoms with E-state index in [0.717, 1.165) is 16.5 Å². The van der Waals surface area contributed by atoms with Gasteiger partial charge < -0.3 is 9.64 Å². The number of hydrogen-bond donors (Lipinski definition) is 0. The van der Waals surface area contributed by atoms with Crippen LogP contribution in [0, 0.1) is 5.82 Å². The maximum Gasteiger partial charge on any atom is 0.330 e. The van der Waals surface area contributed by atoms with Gasteiger partial charge in [-0.2, -0.15) is 5.10 Å². The molecule has 0 bridgehead atoms. The van der Waals surface area contributed by atoms with Gasteiger partial charge in [0, 0.05) is 35.3 Å². The van der Waals surface area contributed by atoms with Crippen LogP contribution in [0.15, 0.2) is 103 Å². The van der Waals surface area contributed by atoms with Crippen LogP contribution in [0.4, 0.5) is 10.1 Å². The Hall–Kier alpha value is -5.04. The third-order valence-corrected chi connectivity index (χ3v) is 6.35. The quantitative estimate of drug-likeness (QED) is 0.184. The molecule has 0 radical (unpaired) electrons. The molecule has 1 amide bonds. The van der Waals surface area contributed by atoms with Crippen LogP contribution in [0.3, 0.4) is 0 Å². The average molecular weight is 521 g/mol. The van der Waals surface area contributed by atoms with Gasteiger partial charge in [0.05, 0.1) is 26.7 Å². The van der Waals surface area contributed by atoms with E-state index in [1.165, 1.54) is 24.2 Å². The van der Waals surface area contributed by atoms with Crippen LogP contribution in [-0.2, 0) is 23.1 Å². The van der Waals surface area contributed by atoms with Crippen LogP contribution in [0.5, 0.6) is 0 Å². The minimum absolute atomic E-state index is 0.0472. The zero-order valence-electron chi connectivity index (χ0n) is 22.4. The van der Waals surface area contributed by atoms with Crippen LogP contribution in [0.1, 0.15) is 22.9 Å². The second kappa shape index (κ2) is 11.1. The number of amides is 1. The molecular formula is C32H26FN3O3. The fourth-order valence-corrected chi connectivity index (χ4v) is 4.27. The van der Waals surface area contributed by atoms with Crippen molar-refractivity contribution in [2.75, 3.05) is 12.0 Å². The minimum Gasteiger partial charge on any atom is -0.466 e. The fourth-order valence-electron chi connectivity index (χ4n) is 4.27. The Labute approximate surface area is 227 Å². The van der Waals surface area contributed by atoms with E-state index in [0.29, 0.717) is 22.4 Å². The molecule has 1 atom stereocenters. The number of hydrogen-bond acceptors (Lipinski definition) is 4. The number of aromatic nitrogens is 2. The van der Waals surface area contributed by atoms with Crippen molar-refractivity contribution in [1.82, 2.24) is 9.78 Å². The highest BCUT2D eigenvalue weighted by Crippen LogP contribution is 2.28. The third kappa shape index (κ3) is 5.62. The molecule has 0 saturated carbocycles. The Kier molecular flexibility index (Phi) is 6.95. The summed E-state index contributed by atoms with van der Waals surface area (Å²) >= 11 is 0. The van der Waals surface area contributed by atoms with E-state index in [1.807, 2.05) is 25.2 Å². The summed E-state index contributed by atoms with van der Waals surface area (Å²) in [5, 5.41) is 5.19. The highest BCUT2D eigenvalue weighted by Gasteiger charge is 2.20. The van der Waals surface area contributed by atoms with Crippen LogP contribution in [0.25, 0.3) is 28.1 Å². The van der Waals surface area contributed by atoms with Crippen molar-refractivity contribution in [3.63, 3.8) is 0 Å². The number of nitrogens with zero attached hydrogens (tertiary/aromatic N) is 3. The summed E-state index contributed by atoms with van der Waals surface area (Å²) in [6.07, 6.45) is 4.57. The number of aryl methyl sites for hydroxylation is 1. The van der Waals surface area contributed by atoms with Crippen molar-refractivity contribution >= 4 is 34.5 Å². The molecule has 0 fully saturated rings. The van der Waals surface area contributed by atoms with Crippen molar-refractivity contribution < 1.29 is 20.1 Å². The van der Waals surface area contributed by atoms with E-state index in [9.17, 15) is 9.59 Å². The van der Waals surface area contributed by atoms with Gasteiger partial charge in [-0.1, -0.05) is 48.5 Å². The fraction of sp³-hybridized carbons (Fsp3) is 0.0938. The number of esters is 1. The smallest absolute Gasteiger partial charge is 0.330 e. The number of benzene rings is 4. The molecule has 1 heterocycles. The van der Waals surface area contributed by atoms with Gasteiger partial charge in [-0.3, -0.25) is 9.48 Å². The maximum atomic E-state index is 15.6. The SMILES string of the molecule is [2H]C(c1ccc(-c2ccc3c(cnn3C)c2)cc1F)N(C(=O)c1ccccc1)c1cccc(/C=C/C(=O)OC)c1. The number of carbonyl (C=O) groups is 2. The van der Waals surface area contributed by atoms with Crippen molar-refractivity contribution in [2.45, 2.75) is 6.52 Å². The molecular weight excluding hydrogens is 493 g/mol. The highest BCUT2D eigenvalue weighted by molar-refractivity contribution is 6.06. The Morgan fingerprint density at radius 3 is 2.54 bits per heavy atom. The largest absolute Gasteiger partial charge is 0.466 e. The van der Waals surface area contributed by atoms with Gasteiger partial charge >= 0.3 is 5.97 Å². The average Bonchev–Trinajstić information content (AvgIpc) is 3.36. The summed E-state index contributed by atoms with van der Waals surface area (Å²) in [5.41, 5.74) is 3.83. The Balaban J connectivity index is 1.53. The van der Waals surface area contributed by atoms with Gasteiger partial charge in [-0.15, -0.1) is 0 Å². The molecule has 39 heavy (non-hydrogen) atoms. The van der Waals surface area contributed by atoms with Gasteiger partial charge in [0.15, 0.2) is 0 Å². The standard InChI is InChI=1S/C32H26FN3O3/c1-35-30-15-14-24(18-27(30)20-34-35)25-12-13-26(29(33)19-25)21-36(32(38)23-8-4-3-5-9-23)28-10-6-7-22(17-28)11-16-31(37)39-2/h3-20H,21H2,1-2H3/b16-11+/i21D. The second-order valence-corrected chi connectivity index (χ2v) is 8.90. The molecule has 0 aliphatic heterocycles. The molecule has 0 saturated heterocycles. The lowest BCUT2D eigenvalue weighted by atomic mass is 10.0. The highest BCUT2D eigenvalue weighted by atomic mass is 19.1. The lowest BCUT2D eigenvalue weighted by molar-refractivity contribution is -0.134. The summed E-state index contributed by atoms with van der Waals surface area (Å²) in [4.78, 5) is 26.5. The number of rotatable bonds is 7. The molecule has 194 valence electrons. The van der Waals surface area contributed by atoms with Crippen molar-refractivity contribution in [2.24, 2.45) is 7.05 Å². The topological polar surface area (TPSA) is 64.4 Å². The predicted octanol–water partition coefficient (Wildman–Crippen LogP) is 6.41. The number of ether oxygens (including phenoxy) is 1. The molecule has 7 heteroatoms. The first-order chi connectivity index (χ1) is 19.4. The number of carbonyl (C=O) groups excluding carboxylic acids is 2. The predicted molar refractivity (Wildman–Crippen MR) is 151 cm³/mol. The number of methoxy groups -OCH3 is 1. The lowest BCUT2D eigenvalue weighted by Gasteiger charge is -2.24. The van der Waals surface area contributed by atoms with Gasteiger partial charge in [0.1, 0.15) is 5.82 Å². The summed E-state index contributed by atoms with van der Waals surface area (Å²) < 4.78 is 31.1. The van der Waals surface area contributed by atoms with Gasteiger partial charge in [-0.05, 0) is 65.2 Å². The maximum absolute atomic E-state index is 15.6. The summed E-state index contributed by atoms with van der Waals surface area (Å²) in [5.74, 6) is -1.58. The van der Waals surface area contributed by atoms with E-state index in [1.54, 1.807) is 83.7 Å². The zero-order chi connectivity index (χ0) is 28.2. The molecule has 4 aromatic carbocycles. The monoisotopic (exact) mass is 520 g/mol. The molecule has 0 aliphatic rings. The number of anilines is 1. The molecule has 0 aliphatic carbocycles. The van der Waals surface area contributed by atoms with Crippen LogP contribution < -0.4 is 4.90 Å². The molecule has 1 unspecified atom stereocenters. The van der Waals surface area contributed by atoms with E-state index in [2.05, 4.69) is 9.84 Å². The molecule has 0 N–H and O–H groups in total. The van der Waals surface area contributed by atoms with E-state index in [-0.39, 0.29) is 5.56 Å². The molecule has 6 nitrogen and oxygen atoms in total. The van der Waals surface area contributed by atoms with Crippen LogP contribution in [0.2, 0.25) is 0 Å². The summed E-state index contributed by atoms with van der Waals surface area (Å²) in [6.45, 7) is -1.39. The number of fused-ring (bicyclic) bond motifs is 1. The summed E-state index contributed by atoms with van der Waals surface area (Å²) in [7, 11) is 3.14. The van der Waals surface area contributed by atoms with Gasteiger partial charge in [0.2, 0.25) is 0 Å². The zero-order valence-corrected chi connectivity index (χ0v) is 21.4. The molecule has 5 aromatic rings. The van der Waals surface area contributed by atoms with Gasteiger partial charge in [0.25, 0.3) is 5.91 Å². The lowest BCUT2D eigenvalue weighted by Crippen LogP contribution is -2.30. The Morgan fingerprint density at radius 1 is 1.00 bits per heavy atom.